The van der Waals surface area contributed by atoms with Crippen LogP contribution in [0.3, 0.4) is 0 Å². The van der Waals surface area contributed by atoms with Crippen LogP contribution < -0.4 is 5.73 Å². The maximum atomic E-state index is 12.7. The molecule has 0 bridgehead atoms. The second-order valence-corrected chi connectivity index (χ2v) is 3.86. The maximum absolute atomic E-state index is 12.7. The molecule has 17 heavy (non-hydrogen) atoms. The minimum Gasteiger partial charge on any atom is -0.337 e. The van der Waals surface area contributed by atoms with E-state index in [1.165, 1.54) is 12.3 Å². The fourth-order valence-corrected chi connectivity index (χ4v) is 1.60. The number of aromatic nitrogens is 3. The van der Waals surface area contributed by atoms with Gasteiger partial charge in [0.15, 0.2) is 0 Å². The fourth-order valence-electron chi connectivity index (χ4n) is 1.60. The van der Waals surface area contributed by atoms with Gasteiger partial charge in [0.05, 0.1) is 12.0 Å². The van der Waals surface area contributed by atoms with Gasteiger partial charge in [0.1, 0.15) is 0 Å². The topological polar surface area (TPSA) is 56.7 Å². The van der Waals surface area contributed by atoms with E-state index in [9.17, 15) is 4.39 Å². The van der Waals surface area contributed by atoms with Crippen LogP contribution in [0.5, 0.6) is 0 Å². The maximum Gasteiger partial charge on any atom is 0.212 e. The van der Waals surface area contributed by atoms with Gasteiger partial charge in [0.2, 0.25) is 5.95 Å². The van der Waals surface area contributed by atoms with Crippen molar-refractivity contribution in [3.63, 3.8) is 0 Å². The van der Waals surface area contributed by atoms with Crippen LogP contribution in [0.2, 0.25) is 0 Å². The number of pyridine rings is 1. The minimum atomic E-state index is -0.476. The van der Waals surface area contributed by atoms with Gasteiger partial charge >= 0.3 is 0 Å². The van der Waals surface area contributed by atoms with Gasteiger partial charge in [-0.15, -0.1) is 0 Å². The second kappa shape index (κ2) is 5.54. The molecule has 0 aliphatic rings. The van der Waals surface area contributed by atoms with Crippen molar-refractivity contribution in [1.82, 2.24) is 14.5 Å². The number of unbranched alkanes of at least 4 members (excludes halogenated alkanes) is 1. The lowest BCUT2D eigenvalue weighted by molar-refractivity contribution is 0.584. The van der Waals surface area contributed by atoms with Crippen molar-refractivity contribution < 1.29 is 4.39 Å². The third-order valence-corrected chi connectivity index (χ3v) is 2.53. The van der Waals surface area contributed by atoms with Crippen LogP contribution in [0.4, 0.5) is 4.39 Å². The Morgan fingerprint density at radius 1 is 1.24 bits per heavy atom. The standard InChI is InChI=1S/C12H15FN4/c13-12-4-3-10(7-15-12)11-8-17(9-16-11)6-2-1-5-14/h3-4,7-9H,1-2,5-6,14H2. The molecule has 2 aromatic heterocycles. The highest BCUT2D eigenvalue weighted by Crippen LogP contribution is 2.15. The Kier molecular flexibility index (Phi) is 3.82. The first-order valence-electron chi connectivity index (χ1n) is 5.63. The van der Waals surface area contributed by atoms with Crippen molar-refractivity contribution in [2.24, 2.45) is 5.73 Å². The zero-order valence-corrected chi connectivity index (χ0v) is 9.51. The molecule has 2 N–H and O–H groups in total. The second-order valence-electron chi connectivity index (χ2n) is 3.86. The molecule has 5 heteroatoms. The van der Waals surface area contributed by atoms with Gasteiger partial charge < -0.3 is 10.3 Å². The Bertz CT molecular complexity index is 464. The van der Waals surface area contributed by atoms with Gasteiger partial charge in [-0.1, -0.05) is 0 Å². The van der Waals surface area contributed by atoms with Crippen LogP contribution in [-0.4, -0.2) is 21.1 Å². The lowest BCUT2D eigenvalue weighted by atomic mass is 10.2. The van der Waals surface area contributed by atoms with Gasteiger partial charge in [0.25, 0.3) is 0 Å². The number of imidazole rings is 1. The van der Waals surface area contributed by atoms with Crippen LogP contribution in [-0.2, 0) is 6.54 Å². The molecule has 2 heterocycles. The quantitative estimate of drug-likeness (QED) is 0.634. The van der Waals surface area contributed by atoms with E-state index in [1.54, 1.807) is 12.4 Å². The van der Waals surface area contributed by atoms with Crippen LogP contribution in [0, 0.1) is 5.95 Å². The third kappa shape index (κ3) is 3.10. The summed E-state index contributed by atoms with van der Waals surface area (Å²) in [6.07, 6.45) is 7.24. The Hall–Kier alpha value is -1.75. The Morgan fingerprint density at radius 2 is 2.12 bits per heavy atom. The van der Waals surface area contributed by atoms with Crippen molar-refractivity contribution in [2.75, 3.05) is 6.54 Å². The molecular weight excluding hydrogens is 219 g/mol. The predicted octanol–water partition coefficient (Wildman–Crippen LogP) is 1.82. The van der Waals surface area contributed by atoms with Gasteiger partial charge in [-0.2, -0.15) is 4.39 Å². The molecule has 90 valence electrons. The highest BCUT2D eigenvalue weighted by atomic mass is 19.1. The molecule has 2 rings (SSSR count). The largest absolute Gasteiger partial charge is 0.337 e. The van der Waals surface area contributed by atoms with E-state index in [-0.39, 0.29) is 0 Å². The molecule has 2 aromatic rings. The number of nitrogens with two attached hydrogens (primary N) is 1. The fraction of sp³-hybridized carbons (Fsp3) is 0.333. The minimum absolute atomic E-state index is 0.476. The molecule has 0 atom stereocenters. The van der Waals surface area contributed by atoms with E-state index in [2.05, 4.69) is 9.97 Å². The molecule has 0 aromatic carbocycles. The molecule has 0 radical (unpaired) electrons. The molecule has 4 nitrogen and oxygen atoms in total. The van der Waals surface area contributed by atoms with Crippen LogP contribution in [0.1, 0.15) is 12.8 Å². The first-order valence-corrected chi connectivity index (χ1v) is 5.63. The number of aryl methyl sites for hydroxylation is 1. The van der Waals surface area contributed by atoms with Crippen LogP contribution >= 0.6 is 0 Å². The monoisotopic (exact) mass is 234 g/mol. The number of hydrogen-bond acceptors (Lipinski definition) is 3. The first kappa shape index (κ1) is 11.7. The number of nitrogens with zero attached hydrogens (tertiary/aromatic N) is 3. The molecule has 0 fully saturated rings. The Morgan fingerprint density at radius 3 is 2.82 bits per heavy atom. The van der Waals surface area contributed by atoms with Crippen LogP contribution in [0.25, 0.3) is 11.3 Å². The van der Waals surface area contributed by atoms with E-state index >= 15 is 0 Å². The molecule has 0 aliphatic carbocycles. The van der Waals surface area contributed by atoms with E-state index in [0.29, 0.717) is 6.54 Å². The van der Waals surface area contributed by atoms with E-state index in [4.69, 9.17) is 5.73 Å². The average Bonchev–Trinajstić information content (AvgIpc) is 2.79. The Labute approximate surface area is 99.3 Å². The summed E-state index contributed by atoms with van der Waals surface area (Å²) >= 11 is 0. The molecule has 0 saturated carbocycles. The lowest BCUT2D eigenvalue weighted by Gasteiger charge is -1.99. The van der Waals surface area contributed by atoms with Crippen molar-refractivity contribution >= 4 is 0 Å². The summed E-state index contributed by atoms with van der Waals surface area (Å²) in [7, 11) is 0. The first-order chi connectivity index (χ1) is 8.29. The van der Waals surface area contributed by atoms with Crippen molar-refractivity contribution in [1.29, 1.82) is 0 Å². The van der Waals surface area contributed by atoms with Crippen molar-refractivity contribution in [3.05, 3.63) is 36.8 Å². The summed E-state index contributed by atoms with van der Waals surface area (Å²) in [5.41, 5.74) is 7.07. The third-order valence-electron chi connectivity index (χ3n) is 2.53. The molecule has 0 saturated heterocycles. The normalized spacial score (nSPS) is 10.7. The summed E-state index contributed by atoms with van der Waals surface area (Å²) in [4.78, 5) is 7.87. The lowest BCUT2D eigenvalue weighted by Crippen LogP contribution is -2.01. The van der Waals surface area contributed by atoms with Crippen molar-refractivity contribution in [2.45, 2.75) is 19.4 Å². The molecule has 0 unspecified atom stereocenters. The van der Waals surface area contributed by atoms with Gasteiger partial charge in [-0.05, 0) is 31.5 Å². The van der Waals surface area contributed by atoms with Crippen molar-refractivity contribution in [3.8, 4) is 11.3 Å². The summed E-state index contributed by atoms with van der Waals surface area (Å²) in [6, 6.07) is 3.01. The zero-order chi connectivity index (χ0) is 12.1. The smallest absolute Gasteiger partial charge is 0.212 e. The summed E-state index contributed by atoms with van der Waals surface area (Å²) < 4.78 is 14.7. The zero-order valence-electron chi connectivity index (χ0n) is 9.51. The highest BCUT2D eigenvalue weighted by Gasteiger charge is 2.02. The SMILES string of the molecule is NCCCCn1cnc(-c2ccc(F)nc2)c1. The molecular formula is C12H15FN4. The van der Waals surface area contributed by atoms with E-state index < -0.39 is 5.95 Å². The number of hydrogen-bond donors (Lipinski definition) is 1. The molecule has 0 amide bonds. The average molecular weight is 234 g/mol. The number of rotatable bonds is 5. The van der Waals surface area contributed by atoms with E-state index in [1.807, 2.05) is 10.8 Å². The highest BCUT2D eigenvalue weighted by molar-refractivity contribution is 5.56. The molecule has 0 spiro atoms. The summed E-state index contributed by atoms with van der Waals surface area (Å²) in [5.74, 6) is -0.476. The molecule has 0 aliphatic heterocycles. The van der Waals surface area contributed by atoms with Gasteiger partial charge in [0, 0.05) is 24.5 Å². The van der Waals surface area contributed by atoms with Crippen LogP contribution in [0.15, 0.2) is 30.9 Å². The van der Waals surface area contributed by atoms with Gasteiger partial charge in [-0.25, -0.2) is 9.97 Å². The summed E-state index contributed by atoms with van der Waals surface area (Å²) in [6.45, 7) is 1.61. The van der Waals surface area contributed by atoms with Gasteiger partial charge in [-0.3, -0.25) is 0 Å². The summed E-state index contributed by atoms with van der Waals surface area (Å²) in [5, 5.41) is 0. The Balaban J connectivity index is 2.04. The predicted molar refractivity (Wildman–Crippen MR) is 63.7 cm³/mol. The van der Waals surface area contributed by atoms with E-state index in [0.717, 1.165) is 30.6 Å². The number of halogens is 1.